The molecule has 0 unspecified atom stereocenters. The second-order valence-corrected chi connectivity index (χ2v) is 7.13. The third-order valence-electron chi connectivity index (χ3n) is 5.11. The van der Waals surface area contributed by atoms with Gasteiger partial charge in [0.05, 0.1) is 0 Å². The summed E-state index contributed by atoms with van der Waals surface area (Å²) in [5, 5.41) is 10.2. The predicted molar refractivity (Wildman–Crippen MR) is 93.9 cm³/mol. The van der Waals surface area contributed by atoms with Gasteiger partial charge in [0.1, 0.15) is 18.5 Å². The van der Waals surface area contributed by atoms with E-state index in [1.165, 1.54) is 31.2 Å². The lowest BCUT2D eigenvalue weighted by atomic mass is 9.99. The number of aliphatic hydroxyl groups excluding tert-OH is 1. The fraction of sp³-hybridized carbons (Fsp3) is 0.600. The first kappa shape index (κ1) is 16.5. The molecule has 2 aliphatic rings. The molecule has 0 bridgehead atoms. The number of nitrogens with zero attached hydrogens (tertiary/aromatic N) is 1. The molecule has 1 aliphatic carbocycles. The van der Waals surface area contributed by atoms with Gasteiger partial charge in [-0.15, -0.1) is 0 Å². The number of ether oxygens (including phenoxy) is 1. The Morgan fingerprint density at radius 3 is 2.57 bits per heavy atom. The molecular formula is C20H29NO2. The van der Waals surface area contributed by atoms with E-state index >= 15 is 0 Å². The summed E-state index contributed by atoms with van der Waals surface area (Å²) in [6.45, 7) is 5.60. The van der Waals surface area contributed by atoms with E-state index in [0.717, 1.165) is 31.3 Å². The fourth-order valence-corrected chi connectivity index (χ4v) is 3.51. The molecule has 3 nitrogen and oxygen atoms in total. The van der Waals surface area contributed by atoms with Crippen molar-refractivity contribution in [3.05, 3.63) is 42.0 Å². The smallest absolute Gasteiger partial charge is 0.119 e. The minimum Gasteiger partial charge on any atom is -0.491 e. The predicted octanol–water partition coefficient (Wildman–Crippen LogP) is 3.59. The van der Waals surface area contributed by atoms with Gasteiger partial charge in [-0.2, -0.15) is 0 Å². The number of β-amino-alcohol motifs (C(OH)–C–C–N with tert-alkyl or cyclic N) is 1. The maximum atomic E-state index is 10.2. The lowest BCUT2D eigenvalue weighted by Crippen LogP contribution is -2.40. The van der Waals surface area contributed by atoms with Crippen LogP contribution >= 0.6 is 0 Å². The molecule has 3 heteroatoms. The highest BCUT2D eigenvalue weighted by Gasteiger charge is 2.18. The van der Waals surface area contributed by atoms with Crippen molar-refractivity contribution in [2.45, 2.75) is 44.6 Å². The topological polar surface area (TPSA) is 32.7 Å². The summed E-state index contributed by atoms with van der Waals surface area (Å²) in [6.07, 6.45) is 9.01. The van der Waals surface area contributed by atoms with Gasteiger partial charge in [-0.1, -0.05) is 31.2 Å². The summed E-state index contributed by atoms with van der Waals surface area (Å²) >= 11 is 0. The van der Waals surface area contributed by atoms with Crippen LogP contribution in [-0.2, 0) is 0 Å². The highest BCUT2D eigenvalue weighted by atomic mass is 16.5. The standard InChI is InChI=1S/C20H29NO2/c1-16-10-12-21(13-11-16)14-19(22)15-23-20-8-6-18(7-9-20)17-4-2-3-5-17/h2,4,6-9,16-17,19,22H,3,5,10-15H2,1H3/t17-,19+/m1/s1. The quantitative estimate of drug-likeness (QED) is 0.814. The summed E-state index contributed by atoms with van der Waals surface area (Å²) in [6, 6.07) is 8.34. The van der Waals surface area contributed by atoms with Crippen LogP contribution in [0, 0.1) is 5.92 Å². The zero-order valence-corrected chi connectivity index (χ0v) is 14.2. The Bertz CT molecular complexity index is 503. The average Bonchev–Trinajstić information content (AvgIpc) is 3.10. The molecule has 1 fully saturated rings. The lowest BCUT2D eigenvalue weighted by Gasteiger charge is -2.31. The van der Waals surface area contributed by atoms with E-state index < -0.39 is 6.10 Å². The molecule has 0 radical (unpaired) electrons. The molecule has 1 aromatic rings. The van der Waals surface area contributed by atoms with Gasteiger partial charge in [0.15, 0.2) is 0 Å². The first-order valence-corrected chi connectivity index (χ1v) is 9.00. The Balaban J connectivity index is 1.41. The van der Waals surface area contributed by atoms with Crippen molar-refractivity contribution < 1.29 is 9.84 Å². The zero-order chi connectivity index (χ0) is 16.1. The first-order valence-electron chi connectivity index (χ1n) is 9.00. The van der Waals surface area contributed by atoms with Crippen LogP contribution in [0.15, 0.2) is 36.4 Å². The Morgan fingerprint density at radius 2 is 1.91 bits per heavy atom. The van der Waals surface area contributed by atoms with Gasteiger partial charge >= 0.3 is 0 Å². The monoisotopic (exact) mass is 315 g/mol. The van der Waals surface area contributed by atoms with Crippen LogP contribution < -0.4 is 4.74 Å². The van der Waals surface area contributed by atoms with Crippen LogP contribution in [-0.4, -0.2) is 42.4 Å². The summed E-state index contributed by atoms with van der Waals surface area (Å²) < 4.78 is 5.75. The van der Waals surface area contributed by atoms with Crippen LogP contribution in [0.25, 0.3) is 0 Å². The van der Waals surface area contributed by atoms with Gasteiger partial charge in [-0.25, -0.2) is 0 Å². The largest absolute Gasteiger partial charge is 0.491 e. The van der Waals surface area contributed by atoms with E-state index in [4.69, 9.17) is 4.74 Å². The van der Waals surface area contributed by atoms with E-state index in [-0.39, 0.29) is 0 Å². The molecule has 1 heterocycles. The van der Waals surface area contributed by atoms with Gasteiger partial charge in [0.25, 0.3) is 0 Å². The molecule has 0 aromatic heterocycles. The van der Waals surface area contributed by atoms with Crippen molar-refractivity contribution in [3.63, 3.8) is 0 Å². The van der Waals surface area contributed by atoms with Gasteiger partial charge in [0.2, 0.25) is 0 Å². The van der Waals surface area contributed by atoms with Crippen LogP contribution in [0.2, 0.25) is 0 Å². The molecule has 2 atom stereocenters. The highest BCUT2D eigenvalue weighted by Crippen LogP contribution is 2.29. The van der Waals surface area contributed by atoms with E-state index in [0.29, 0.717) is 12.5 Å². The number of allylic oxidation sites excluding steroid dienone is 2. The van der Waals surface area contributed by atoms with E-state index in [1.54, 1.807) is 0 Å². The fourth-order valence-electron chi connectivity index (χ4n) is 3.51. The summed E-state index contributed by atoms with van der Waals surface area (Å²) in [5.41, 5.74) is 1.36. The molecule has 1 aromatic carbocycles. The van der Waals surface area contributed by atoms with Crippen molar-refractivity contribution in [3.8, 4) is 5.75 Å². The minimum atomic E-state index is -0.416. The highest BCUT2D eigenvalue weighted by molar-refractivity contribution is 5.32. The third-order valence-corrected chi connectivity index (χ3v) is 5.11. The molecular weight excluding hydrogens is 286 g/mol. The molecule has 0 spiro atoms. The summed E-state index contributed by atoms with van der Waals surface area (Å²) in [7, 11) is 0. The number of rotatable bonds is 6. The normalized spacial score (nSPS) is 24.0. The second kappa shape index (κ2) is 7.98. The molecule has 0 amide bonds. The van der Waals surface area contributed by atoms with Crippen LogP contribution in [0.1, 0.15) is 44.1 Å². The maximum Gasteiger partial charge on any atom is 0.119 e. The Labute approximate surface area is 140 Å². The van der Waals surface area contributed by atoms with Crippen molar-refractivity contribution in [1.29, 1.82) is 0 Å². The van der Waals surface area contributed by atoms with Gasteiger partial charge in [-0.3, -0.25) is 0 Å². The summed E-state index contributed by atoms with van der Waals surface area (Å²) in [4.78, 5) is 2.35. The van der Waals surface area contributed by atoms with Gasteiger partial charge in [-0.05, 0) is 62.4 Å². The van der Waals surface area contributed by atoms with Crippen LogP contribution in [0.3, 0.4) is 0 Å². The minimum absolute atomic E-state index is 0.370. The number of aliphatic hydroxyl groups is 1. The number of hydrogen-bond acceptors (Lipinski definition) is 3. The zero-order valence-electron chi connectivity index (χ0n) is 14.2. The third kappa shape index (κ3) is 4.82. The van der Waals surface area contributed by atoms with E-state index in [1.807, 2.05) is 12.1 Å². The van der Waals surface area contributed by atoms with Crippen molar-refractivity contribution in [1.82, 2.24) is 4.90 Å². The summed E-state index contributed by atoms with van der Waals surface area (Å²) in [5.74, 6) is 2.24. The van der Waals surface area contributed by atoms with Crippen molar-refractivity contribution >= 4 is 0 Å². The van der Waals surface area contributed by atoms with Crippen molar-refractivity contribution in [2.75, 3.05) is 26.2 Å². The molecule has 3 rings (SSSR count). The average molecular weight is 315 g/mol. The first-order chi connectivity index (χ1) is 11.2. The van der Waals surface area contributed by atoms with Crippen LogP contribution in [0.5, 0.6) is 5.75 Å². The molecule has 23 heavy (non-hydrogen) atoms. The number of piperidine rings is 1. The van der Waals surface area contributed by atoms with Crippen LogP contribution in [0.4, 0.5) is 0 Å². The SMILES string of the molecule is CC1CCN(C[C@H](O)COc2ccc([C@@H]3C=CCC3)cc2)CC1. The molecule has 1 saturated heterocycles. The number of benzene rings is 1. The molecule has 126 valence electrons. The molecule has 0 saturated carbocycles. The second-order valence-electron chi connectivity index (χ2n) is 7.13. The van der Waals surface area contributed by atoms with Gasteiger partial charge < -0.3 is 14.7 Å². The lowest BCUT2D eigenvalue weighted by molar-refractivity contribution is 0.0563. The number of hydrogen-bond donors (Lipinski definition) is 1. The van der Waals surface area contributed by atoms with Crippen molar-refractivity contribution in [2.24, 2.45) is 5.92 Å². The van der Waals surface area contributed by atoms with E-state index in [2.05, 4.69) is 36.1 Å². The number of likely N-dealkylation sites (tertiary alicyclic amines) is 1. The molecule has 1 aliphatic heterocycles. The van der Waals surface area contributed by atoms with E-state index in [9.17, 15) is 5.11 Å². The van der Waals surface area contributed by atoms with Gasteiger partial charge in [0, 0.05) is 12.5 Å². The Morgan fingerprint density at radius 1 is 1.17 bits per heavy atom. The Kier molecular flexibility index (Phi) is 5.74. The Hall–Kier alpha value is -1.32. The maximum absolute atomic E-state index is 10.2. The molecule has 1 N–H and O–H groups in total.